The van der Waals surface area contributed by atoms with E-state index in [-0.39, 0.29) is 23.4 Å². The van der Waals surface area contributed by atoms with Crippen molar-refractivity contribution in [1.82, 2.24) is 4.98 Å². The number of hydrogen-bond acceptors (Lipinski definition) is 4. The number of pyridine rings is 1. The van der Waals surface area contributed by atoms with E-state index in [0.717, 1.165) is 18.8 Å². The van der Waals surface area contributed by atoms with E-state index in [0.29, 0.717) is 18.2 Å². The van der Waals surface area contributed by atoms with Crippen molar-refractivity contribution >= 4 is 35.6 Å². The minimum atomic E-state index is -0.749. The van der Waals surface area contributed by atoms with Crippen LogP contribution in [0.2, 0.25) is 0 Å². The van der Waals surface area contributed by atoms with E-state index >= 15 is 0 Å². The zero-order chi connectivity index (χ0) is 18.1. The molecule has 1 fully saturated rings. The third kappa shape index (κ3) is 7.20. The number of hydrogen-bond donors (Lipinski definition) is 1. The summed E-state index contributed by atoms with van der Waals surface area (Å²) in [6.07, 6.45) is 11.8. The highest BCUT2D eigenvalue weighted by molar-refractivity contribution is 7.80. The number of unbranched alkanes of at least 4 members (excludes halogenated alkanes) is 2. The van der Waals surface area contributed by atoms with Gasteiger partial charge in [-0.3, -0.25) is 9.78 Å². The molecule has 0 spiro atoms. The maximum absolute atomic E-state index is 12.4. The van der Waals surface area contributed by atoms with E-state index in [1.54, 1.807) is 18.3 Å². The van der Waals surface area contributed by atoms with Crippen molar-refractivity contribution in [2.75, 3.05) is 6.61 Å². The van der Waals surface area contributed by atoms with Crippen LogP contribution < -0.4 is 5.73 Å². The lowest BCUT2D eigenvalue weighted by Crippen LogP contribution is -2.30. The molecule has 26 heavy (non-hydrogen) atoms. The van der Waals surface area contributed by atoms with Crippen LogP contribution in [-0.2, 0) is 9.53 Å². The van der Waals surface area contributed by atoms with Gasteiger partial charge < -0.3 is 10.5 Å². The van der Waals surface area contributed by atoms with Crippen LogP contribution in [0.3, 0.4) is 0 Å². The molecule has 1 heterocycles. The number of carbonyl (C=O) groups excluding carboxylic acids is 1. The van der Waals surface area contributed by atoms with Crippen LogP contribution in [-0.4, -0.2) is 22.5 Å². The molecule has 0 bridgehead atoms. The molecule has 2 N–H and O–H groups in total. The average molecular weight is 399 g/mol. The molecule has 1 unspecified atom stereocenters. The zero-order valence-electron chi connectivity index (χ0n) is 15.6. The number of halogens is 1. The third-order valence-corrected chi connectivity index (χ3v) is 5.38. The first kappa shape index (κ1) is 22.8. The number of aromatic nitrogens is 1. The van der Waals surface area contributed by atoms with Crippen molar-refractivity contribution in [3.05, 3.63) is 30.1 Å². The fraction of sp³-hybridized carbons (Fsp3) is 0.650. The van der Waals surface area contributed by atoms with Crippen molar-refractivity contribution in [2.45, 2.75) is 64.2 Å². The number of esters is 1. The van der Waals surface area contributed by atoms with Gasteiger partial charge in [0.2, 0.25) is 0 Å². The van der Waals surface area contributed by atoms with Crippen LogP contribution in [0.25, 0.3) is 0 Å². The molecule has 0 radical (unpaired) electrons. The second kappa shape index (κ2) is 12.2. The fourth-order valence-electron chi connectivity index (χ4n) is 3.58. The van der Waals surface area contributed by atoms with Gasteiger partial charge in [-0.2, -0.15) is 0 Å². The minimum Gasteiger partial charge on any atom is -0.465 e. The number of carbonyl (C=O) groups is 1. The summed E-state index contributed by atoms with van der Waals surface area (Å²) < 4.78 is 5.55. The summed E-state index contributed by atoms with van der Waals surface area (Å²) in [5.41, 5.74) is 6.30. The summed E-state index contributed by atoms with van der Waals surface area (Å²) in [7, 11) is 0. The first-order chi connectivity index (χ1) is 12.1. The van der Waals surface area contributed by atoms with Crippen LogP contribution in [0.1, 0.15) is 69.9 Å². The van der Waals surface area contributed by atoms with Gasteiger partial charge in [0.1, 0.15) is 5.92 Å². The Labute approximate surface area is 168 Å². The van der Waals surface area contributed by atoms with Gasteiger partial charge in [0, 0.05) is 6.20 Å². The lowest BCUT2D eigenvalue weighted by Gasteiger charge is -2.28. The topological polar surface area (TPSA) is 65.2 Å². The Kier molecular flexibility index (Phi) is 10.7. The average Bonchev–Trinajstić information content (AvgIpc) is 2.62. The highest BCUT2D eigenvalue weighted by atomic mass is 35.5. The summed E-state index contributed by atoms with van der Waals surface area (Å²) >= 11 is 5.05. The highest BCUT2D eigenvalue weighted by Gasteiger charge is 2.28. The van der Waals surface area contributed by atoms with Crippen molar-refractivity contribution < 1.29 is 9.53 Å². The molecule has 1 atom stereocenters. The largest absolute Gasteiger partial charge is 0.465 e. The number of ether oxygens (including phenoxy) is 1. The predicted molar refractivity (Wildman–Crippen MR) is 112 cm³/mol. The Balaban J connectivity index is 0.00000338. The van der Waals surface area contributed by atoms with Crippen LogP contribution in [0.5, 0.6) is 0 Å². The summed E-state index contributed by atoms with van der Waals surface area (Å²) in [6, 6.07) is 5.37. The SMILES string of the molecule is CCCCC[C@H]1CC[C@H](COC(=O)C(C(N)=S)c2ccccn2)CC1.Cl. The number of rotatable bonds is 9. The van der Waals surface area contributed by atoms with Crippen molar-refractivity contribution in [2.24, 2.45) is 17.6 Å². The zero-order valence-corrected chi connectivity index (χ0v) is 17.2. The lowest BCUT2D eigenvalue weighted by atomic mass is 9.80. The number of nitrogens with zero attached hydrogens (tertiary/aromatic N) is 1. The molecule has 0 aliphatic heterocycles. The summed E-state index contributed by atoms with van der Waals surface area (Å²) in [5.74, 6) is 0.191. The van der Waals surface area contributed by atoms with Crippen LogP contribution >= 0.6 is 24.6 Å². The van der Waals surface area contributed by atoms with E-state index in [2.05, 4.69) is 11.9 Å². The molecular weight excluding hydrogens is 368 g/mol. The van der Waals surface area contributed by atoms with Crippen LogP contribution in [0.15, 0.2) is 24.4 Å². The Morgan fingerprint density at radius 1 is 1.27 bits per heavy atom. The molecule has 1 aromatic rings. The van der Waals surface area contributed by atoms with Crippen LogP contribution in [0, 0.1) is 11.8 Å². The highest BCUT2D eigenvalue weighted by Crippen LogP contribution is 2.32. The molecule has 1 aliphatic carbocycles. The normalized spacial score (nSPS) is 20.7. The first-order valence-electron chi connectivity index (χ1n) is 9.48. The quantitative estimate of drug-likeness (QED) is 0.367. The van der Waals surface area contributed by atoms with E-state index in [1.807, 2.05) is 6.07 Å². The predicted octanol–water partition coefficient (Wildman–Crippen LogP) is 4.80. The Morgan fingerprint density at radius 2 is 1.96 bits per heavy atom. The lowest BCUT2D eigenvalue weighted by molar-refractivity contribution is -0.145. The minimum absolute atomic E-state index is 0. The van der Waals surface area contributed by atoms with E-state index in [4.69, 9.17) is 22.7 Å². The van der Waals surface area contributed by atoms with Gasteiger partial charge in [0.15, 0.2) is 0 Å². The Bertz CT molecular complexity index is 548. The molecule has 0 saturated heterocycles. The number of nitrogens with two attached hydrogens (primary N) is 1. The van der Waals surface area contributed by atoms with Gasteiger partial charge in [-0.15, -0.1) is 12.4 Å². The van der Waals surface area contributed by atoms with Crippen LogP contribution in [0.4, 0.5) is 0 Å². The first-order valence-corrected chi connectivity index (χ1v) is 9.89. The maximum atomic E-state index is 12.4. The van der Waals surface area contributed by atoms with Gasteiger partial charge in [0.25, 0.3) is 0 Å². The van der Waals surface area contributed by atoms with E-state index in [9.17, 15) is 4.79 Å². The third-order valence-electron chi connectivity index (χ3n) is 5.15. The molecule has 0 aromatic carbocycles. The smallest absolute Gasteiger partial charge is 0.322 e. The summed E-state index contributed by atoms with van der Waals surface area (Å²) in [6.45, 7) is 2.71. The van der Waals surface area contributed by atoms with Gasteiger partial charge >= 0.3 is 5.97 Å². The van der Waals surface area contributed by atoms with Gasteiger partial charge in [0.05, 0.1) is 17.3 Å². The van der Waals surface area contributed by atoms with E-state index in [1.165, 1.54) is 38.5 Å². The second-order valence-corrected chi connectivity index (χ2v) is 7.57. The van der Waals surface area contributed by atoms with E-state index < -0.39 is 5.92 Å². The molecule has 1 aromatic heterocycles. The monoisotopic (exact) mass is 398 g/mol. The van der Waals surface area contributed by atoms with Gasteiger partial charge in [-0.05, 0) is 36.8 Å². The molecule has 2 rings (SSSR count). The van der Waals surface area contributed by atoms with Gasteiger partial charge in [-0.25, -0.2) is 0 Å². The molecular formula is C20H31ClN2O2S. The van der Waals surface area contributed by atoms with Crippen molar-refractivity contribution in [1.29, 1.82) is 0 Å². The molecule has 1 saturated carbocycles. The molecule has 0 amide bonds. The van der Waals surface area contributed by atoms with Gasteiger partial charge in [-0.1, -0.05) is 63.7 Å². The molecule has 4 nitrogen and oxygen atoms in total. The molecule has 146 valence electrons. The number of thiocarbonyl (C=S) groups is 1. The second-order valence-electron chi connectivity index (χ2n) is 7.10. The van der Waals surface area contributed by atoms with Crippen molar-refractivity contribution in [3.8, 4) is 0 Å². The Morgan fingerprint density at radius 3 is 2.54 bits per heavy atom. The standard InChI is InChI=1S/C20H30N2O2S.ClH/c1-2-3-4-7-15-9-11-16(12-10-15)14-24-20(23)18(19(21)25)17-8-5-6-13-22-17;/h5-6,8,13,15-16,18H,2-4,7,9-12,14H2,1H3,(H2,21,25);1H/t15-,16-,18?;. The van der Waals surface area contributed by atoms with Crippen molar-refractivity contribution in [3.63, 3.8) is 0 Å². The maximum Gasteiger partial charge on any atom is 0.322 e. The summed E-state index contributed by atoms with van der Waals surface area (Å²) in [5, 5.41) is 0. The fourth-order valence-corrected chi connectivity index (χ4v) is 3.80. The summed E-state index contributed by atoms with van der Waals surface area (Å²) in [4.78, 5) is 16.7. The molecule has 1 aliphatic rings. The Hall–Kier alpha value is -1.20. The molecule has 6 heteroatoms.